The van der Waals surface area contributed by atoms with E-state index in [-0.39, 0.29) is 10.5 Å². The third-order valence-corrected chi connectivity index (χ3v) is 7.09. The topological polar surface area (TPSA) is 75.7 Å². The maximum atomic E-state index is 12.7. The van der Waals surface area contributed by atoms with Gasteiger partial charge in [-0.05, 0) is 30.3 Å². The van der Waals surface area contributed by atoms with Crippen LogP contribution in [0.4, 0.5) is 0 Å². The quantitative estimate of drug-likeness (QED) is 0.715. The highest BCUT2D eigenvalue weighted by Gasteiger charge is 2.24. The van der Waals surface area contributed by atoms with Crippen LogP contribution in [0.5, 0.6) is 5.75 Å². The Balaban J connectivity index is 2.30. The van der Waals surface area contributed by atoms with Gasteiger partial charge in [-0.3, -0.25) is 4.79 Å². The average Bonchev–Trinajstić information content (AvgIpc) is 3.05. The standard InChI is InChI=1S/C17H21ClN2O4S2/c1-4-20(5-2)26(22,23)13-7-8-15(24-3)14(10-13)17(21)19-11-12-6-9-16(18)25-12/h6-10H,4-5,11H2,1-3H3,(H,19,21). The van der Waals surface area contributed by atoms with Crippen molar-refractivity contribution in [2.75, 3.05) is 20.2 Å². The molecule has 0 radical (unpaired) electrons. The number of nitrogens with zero attached hydrogens (tertiary/aromatic N) is 1. The molecule has 0 saturated carbocycles. The first-order chi connectivity index (χ1) is 12.3. The molecule has 1 heterocycles. The van der Waals surface area contributed by atoms with E-state index < -0.39 is 15.9 Å². The Morgan fingerprint density at radius 3 is 2.46 bits per heavy atom. The molecule has 0 bridgehead atoms. The van der Waals surface area contributed by atoms with E-state index in [1.54, 1.807) is 19.9 Å². The third-order valence-electron chi connectivity index (χ3n) is 3.81. The molecule has 6 nitrogen and oxygen atoms in total. The number of benzene rings is 1. The van der Waals surface area contributed by atoms with Crippen molar-refractivity contribution in [1.29, 1.82) is 0 Å². The highest BCUT2D eigenvalue weighted by molar-refractivity contribution is 7.89. The van der Waals surface area contributed by atoms with Gasteiger partial charge in [0, 0.05) is 18.0 Å². The van der Waals surface area contributed by atoms with Crippen LogP contribution in [-0.4, -0.2) is 38.8 Å². The minimum atomic E-state index is -3.66. The number of ether oxygens (including phenoxy) is 1. The van der Waals surface area contributed by atoms with Crippen molar-refractivity contribution < 1.29 is 17.9 Å². The number of methoxy groups -OCH3 is 1. The van der Waals surface area contributed by atoms with Crippen molar-refractivity contribution in [1.82, 2.24) is 9.62 Å². The summed E-state index contributed by atoms with van der Waals surface area (Å²) in [6, 6.07) is 7.87. The number of carbonyl (C=O) groups is 1. The molecular formula is C17H21ClN2O4S2. The van der Waals surface area contributed by atoms with E-state index >= 15 is 0 Å². The Morgan fingerprint density at radius 2 is 1.92 bits per heavy atom. The van der Waals surface area contributed by atoms with Crippen LogP contribution in [0, 0.1) is 0 Å². The Kier molecular flexibility index (Phi) is 7.05. The zero-order valence-electron chi connectivity index (χ0n) is 14.8. The number of hydrogen-bond acceptors (Lipinski definition) is 5. The molecule has 0 spiro atoms. The van der Waals surface area contributed by atoms with Gasteiger partial charge >= 0.3 is 0 Å². The Morgan fingerprint density at radius 1 is 1.23 bits per heavy atom. The summed E-state index contributed by atoms with van der Waals surface area (Å²) >= 11 is 7.25. The van der Waals surface area contributed by atoms with E-state index in [4.69, 9.17) is 16.3 Å². The van der Waals surface area contributed by atoms with Crippen LogP contribution >= 0.6 is 22.9 Å². The molecule has 2 aromatic rings. The lowest BCUT2D eigenvalue weighted by atomic mass is 10.2. The molecule has 0 fully saturated rings. The number of sulfonamides is 1. The third kappa shape index (κ3) is 4.56. The highest BCUT2D eigenvalue weighted by Crippen LogP contribution is 2.25. The molecule has 0 atom stereocenters. The zero-order valence-corrected chi connectivity index (χ0v) is 17.2. The van der Waals surface area contributed by atoms with Crippen molar-refractivity contribution in [2.45, 2.75) is 25.3 Å². The van der Waals surface area contributed by atoms with Crippen molar-refractivity contribution in [2.24, 2.45) is 0 Å². The Labute approximate surface area is 162 Å². The summed E-state index contributed by atoms with van der Waals surface area (Å²) in [6.07, 6.45) is 0. The van der Waals surface area contributed by atoms with E-state index in [2.05, 4.69) is 5.32 Å². The lowest BCUT2D eigenvalue weighted by Crippen LogP contribution is -2.31. The van der Waals surface area contributed by atoms with Gasteiger partial charge in [-0.15, -0.1) is 11.3 Å². The van der Waals surface area contributed by atoms with Gasteiger partial charge in [0.15, 0.2) is 0 Å². The molecule has 0 aliphatic heterocycles. The summed E-state index contributed by atoms with van der Waals surface area (Å²) in [7, 11) is -2.23. The average molecular weight is 417 g/mol. The smallest absolute Gasteiger partial charge is 0.255 e. The predicted octanol–water partition coefficient (Wildman–Crippen LogP) is 3.37. The molecule has 0 aliphatic rings. The first-order valence-corrected chi connectivity index (χ1v) is 10.7. The van der Waals surface area contributed by atoms with E-state index in [1.807, 2.05) is 6.07 Å². The van der Waals surface area contributed by atoms with Crippen LogP contribution in [-0.2, 0) is 16.6 Å². The van der Waals surface area contributed by atoms with Gasteiger partial charge < -0.3 is 10.1 Å². The van der Waals surface area contributed by atoms with Crippen LogP contribution in [0.25, 0.3) is 0 Å². The summed E-state index contributed by atoms with van der Waals surface area (Å²) in [5.41, 5.74) is 0.170. The maximum absolute atomic E-state index is 12.7. The number of hydrogen-bond donors (Lipinski definition) is 1. The van der Waals surface area contributed by atoms with Crippen molar-refractivity contribution in [3.05, 3.63) is 45.1 Å². The Hall–Kier alpha value is -1.61. The van der Waals surface area contributed by atoms with Crippen LogP contribution < -0.4 is 10.1 Å². The van der Waals surface area contributed by atoms with Gasteiger partial charge in [0.05, 0.1) is 28.4 Å². The van der Waals surface area contributed by atoms with Crippen molar-refractivity contribution >= 4 is 38.9 Å². The first-order valence-electron chi connectivity index (χ1n) is 8.04. The number of nitrogens with one attached hydrogen (secondary N) is 1. The van der Waals surface area contributed by atoms with E-state index in [1.165, 1.54) is 41.0 Å². The van der Waals surface area contributed by atoms with Crippen molar-refractivity contribution in [3.8, 4) is 5.75 Å². The second-order valence-corrected chi connectivity index (χ2v) is 9.08. The number of amides is 1. The second-order valence-electron chi connectivity index (χ2n) is 5.34. The molecule has 142 valence electrons. The molecule has 9 heteroatoms. The summed E-state index contributed by atoms with van der Waals surface area (Å²) in [4.78, 5) is 13.5. The van der Waals surface area contributed by atoms with Gasteiger partial charge in [0.25, 0.3) is 5.91 Å². The number of thiophene rings is 1. The normalized spacial score (nSPS) is 11.6. The van der Waals surface area contributed by atoms with Crippen LogP contribution in [0.1, 0.15) is 29.1 Å². The molecule has 1 aromatic carbocycles. The molecular weight excluding hydrogens is 396 g/mol. The largest absolute Gasteiger partial charge is 0.496 e. The fourth-order valence-corrected chi connectivity index (χ4v) is 4.96. The van der Waals surface area contributed by atoms with Crippen LogP contribution in [0.15, 0.2) is 35.2 Å². The lowest BCUT2D eigenvalue weighted by Gasteiger charge is -2.19. The molecule has 2 rings (SSSR count). The number of halogens is 1. The van der Waals surface area contributed by atoms with Crippen LogP contribution in [0.2, 0.25) is 4.34 Å². The number of rotatable bonds is 8. The first kappa shape index (κ1) is 20.7. The monoisotopic (exact) mass is 416 g/mol. The molecule has 26 heavy (non-hydrogen) atoms. The SMILES string of the molecule is CCN(CC)S(=O)(=O)c1ccc(OC)c(C(=O)NCc2ccc(Cl)s2)c1. The van der Waals surface area contributed by atoms with E-state index in [9.17, 15) is 13.2 Å². The molecule has 1 amide bonds. The summed E-state index contributed by atoms with van der Waals surface area (Å²) in [5.74, 6) is -0.104. The van der Waals surface area contributed by atoms with Gasteiger partial charge in [-0.2, -0.15) is 4.31 Å². The van der Waals surface area contributed by atoms with Gasteiger partial charge in [0.2, 0.25) is 10.0 Å². The zero-order chi connectivity index (χ0) is 19.3. The fraction of sp³-hybridized carbons (Fsp3) is 0.353. The lowest BCUT2D eigenvalue weighted by molar-refractivity contribution is 0.0948. The summed E-state index contributed by atoms with van der Waals surface area (Å²) < 4.78 is 32.6. The molecule has 0 unspecified atom stereocenters. The predicted molar refractivity (Wildman–Crippen MR) is 104 cm³/mol. The molecule has 0 aliphatic carbocycles. The molecule has 1 aromatic heterocycles. The minimum absolute atomic E-state index is 0.0614. The molecule has 0 saturated heterocycles. The fourth-order valence-electron chi connectivity index (χ4n) is 2.45. The van der Waals surface area contributed by atoms with E-state index in [0.29, 0.717) is 29.7 Å². The highest BCUT2D eigenvalue weighted by atomic mass is 35.5. The number of carbonyl (C=O) groups excluding carboxylic acids is 1. The summed E-state index contributed by atoms with van der Waals surface area (Å²) in [5, 5.41) is 2.76. The van der Waals surface area contributed by atoms with Gasteiger partial charge in [-0.1, -0.05) is 25.4 Å². The second kappa shape index (κ2) is 8.85. The van der Waals surface area contributed by atoms with Crippen LogP contribution in [0.3, 0.4) is 0 Å². The minimum Gasteiger partial charge on any atom is -0.496 e. The van der Waals surface area contributed by atoms with Gasteiger partial charge in [0.1, 0.15) is 5.75 Å². The van der Waals surface area contributed by atoms with Crippen molar-refractivity contribution in [3.63, 3.8) is 0 Å². The van der Waals surface area contributed by atoms with Gasteiger partial charge in [-0.25, -0.2) is 8.42 Å². The van der Waals surface area contributed by atoms with E-state index in [0.717, 1.165) is 4.88 Å². The Bertz CT molecular complexity index is 877. The maximum Gasteiger partial charge on any atom is 0.255 e. The molecule has 1 N–H and O–H groups in total. The summed E-state index contributed by atoms with van der Waals surface area (Å²) in [6.45, 7) is 4.54.